The van der Waals surface area contributed by atoms with E-state index in [0.29, 0.717) is 36.1 Å². The van der Waals surface area contributed by atoms with Gasteiger partial charge < -0.3 is 15.3 Å². The summed E-state index contributed by atoms with van der Waals surface area (Å²) in [5.41, 5.74) is 0.598. The summed E-state index contributed by atoms with van der Waals surface area (Å²) in [4.78, 5) is 21.9. The highest BCUT2D eigenvalue weighted by Crippen LogP contribution is 2.25. The summed E-state index contributed by atoms with van der Waals surface area (Å²) in [6, 6.07) is 7.90. The van der Waals surface area contributed by atoms with Crippen LogP contribution in [0.15, 0.2) is 30.3 Å². The monoisotopic (exact) mass is 330 g/mol. The second-order valence-electron chi connectivity index (χ2n) is 5.92. The molecule has 2 aromatic rings. The van der Waals surface area contributed by atoms with Gasteiger partial charge in [0.2, 0.25) is 0 Å². The summed E-state index contributed by atoms with van der Waals surface area (Å²) in [5, 5.41) is 12.3. The van der Waals surface area contributed by atoms with Crippen LogP contribution in [0.4, 0.5) is 21.7 Å². The van der Waals surface area contributed by atoms with Crippen molar-refractivity contribution in [2.75, 3.05) is 23.3 Å². The van der Waals surface area contributed by atoms with E-state index in [1.807, 2.05) is 4.90 Å². The number of anilines is 3. The molecule has 126 valence electrons. The molecular formula is C17H19FN4O2. The lowest BCUT2D eigenvalue weighted by Crippen LogP contribution is -2.39. The Morgan fingerprint density at radius 2 is 2.21 bits per heavy atom. The zero-order valence-corrected chi connectivity index (χ0v) is 13.4. The predicted octanol–water partition coefficient (Wildman–Crippen LogP) is 2.97. The number of carbonyl (C=O) groups is 1. The van der Waals surface area contributed by atoms with E-state index in [4.69, 9.17) is 0 Å². The van der Waals surface area contributed by atoms with Crippen LogP contribution in [-0.4, -0.2) is 34.1 Å². The third kappa shape index (κ3) is 3.79. The van der Waals surface area contributed by atoms with E-state index in [0.717, 1.165) is 13.0 Å². The molecule has 0 amide bonds. The van der Waals surface area contributed by atoms with Crippen LogP contribution in [-0.2, 0) is 4.79 Å². The van der Waals surface area contributed by atoms with Crippen molar-refractivity contribution in [2.24, 2.45) is 5.92 Å². The van der Waals surface area contributed by atoms with Gasteiger partial charge in [0.15, 0.2) is 0 Å². The Labute approximate surface area is 139 Å². The van der Waals surface area contributed by atoms with Crippen molar-refractivity contribution in [3.8, 4) is 0 Å². The fourth-order valence-corrected chi connectivity index (χ4v) is 2.88. The van der Waals surface area contributed by atoms with Crippen LogP contribution in [0.2, 0.25) is 0 Å². The van der Waals surface area contributed by atoms with Crippen LogP contribution in [0.25, 0.3) is 0 Å². The maximum Gasteiger partial charge on any atom is 0.308 e. The minimum Gasteiger partial charge on any atom is -0.481 e. The van der Waals surface area contributed by atoms with Crippen LogP contribution in [0.3, 0.4) is 0 Å². The number of carboxylic acids is 1. The third-order valence-corrected chi connectivity index (χ3v) is 4.02. The number of nitrogens with zero attached hydrogens (tertiary/aromatic N) is 3. The molecule has 1 atom stereocenters. The van der Waals surface area contributed by atoms with Gasteiger partial charge in [-0.15, -0.1) is 0 Å². The van der Waals surface area contributed by atoms with Crippen molar-refractivity contribution in [1.29, 1.82) is 0 Å². The van der Waals surface area contributed by atoms with Crippen molar-refractivity contribution < 1.29 is 14.3 Å². The highest BCUT2D eigenvalue weighted by molar-refractivity contribution is 5.71. The van der Waals surface area contributed by atoms with Crippen LogP contribution in [0.1, 0.15) is 18.7 Å². The number of rotatable bonds is 4. The Hall–Kier alpha value is -2.70. The van der Waals surface area contributed by atoms with Crippen molar-refractivity contribution in [2.45, 2.75) is 19.8 Å². The first-order valence-electron chi connectivity index (χ1n) is 7.87. The number of aromatic nitrogens is 2. The van der Waals surface area contributed by atoms with Crippen molar-refractivity contribution in [3.05, 3.63) is 42.0 Å². The molecule has 1 fully saturated rings. The quantitative estimate of drug-likeness (QED) is 0.897. The van der Waals surface area contributed by atoms with E-state index in [-0.39, 0.29) is 11.7 Å². The minimum absolute atomic E-state index is 0.327. The summed E-state index contributed by atoms with van der Waals surface area (Å²) in [7, 11) is 0. The van der Waals surface area contributed by atoms with Gasteiger partial charge in [0.25, 0.3) is 0 Å². The summed E-state index contributed by atoms with van der Waals surface area (Å²) in [5.74, 6) is 0.334. The van der Waals surface area contributed by atoms with Crippen molar-refractivity contribution in [1.82, 2.24) is 9.97 Å². The maximum atomic E-state index is 13.3. The van der Waals surface area contributed by atoms with Gasteiger partial charge in [0.05, 0.1) is 5.92 Å². The zero-order chi connectivity index (χ0) is 17.1. The number of hydrogen-bond acceptors (Lipinski definition) is 5. The molecule has 24 heavy (non-hydrogen) atoms. The molecule has 2 heterocycles. The normalized spacial score (nSPS) is 17.6. The first-order chi connectivity index (χ1) is 11.5. The summed E-state index contributed by atoms with van der Waals surface area (Å²) < 4.78 is 13.3. The van der Waals surface area contributed by atoms with Gasteiger partial charge in [-0.05, 0) is 38.0 Å². The SMILES string of the molecule is Cc1nc(Nc2cccc(F)c2)cc(N2CCC[C@H](C(=O)O)C2)n1. The topological polar surface area (TPSA) is 78.4 Å². The Kier molecular flexibility index (Phi) is 4.59. The fourth-order valence-electron chi connectivity index (χ4n) is 2.88. The van der Waals surface area contributed by atoms with Gasteiger partial charge in [-0.2, -0.15) is 0 Å². The van der Waals surface area contributed by atoms with Gasteiger partial charge in [0, 0.05) is 24.8 Å². The molecule has 7 heteroatoms. The maximum absolute atomic E-state index is 13.3. The first kappa shape index (κ1) is 16.2. The first-order valence-corrected chi connectivity index (χ1v) is 7.87. The molecule has 2 N–H and O–H groups in total. The molecule has 6 nitrogen and oxygen atoms in total. The lowest BCUT2D eigenvalue weighted by atomic mass is 9.98. The number of carboxylic acid groups (broad SMARTS) is 1. The molecular weight excluding hydrogens is 311 g/mol. The molecule has 3 rings (SSSR count). The Balaban J connectivity index is 1.82. The van der Waals surface area contributed by atoms with Crippen LogP contribution < -0.4 is 10.2 Å². The summed E-state index contributed by atoms with van der Waals surface area (Å²) in [6.45, 7) is 2.98. The molecule has 0 unspecified atom stereocenters. The number of halogens is 1. The lowest BCUT2D eigenvalue weighted by molar-refractivity contribution is -0.141. The smallest absolute Gasteiger partial charge is 0.308 e. The second kappa shape index (κ2) is 6.82. The molecule has 0 spiro atoms. The number of aliphatic carboxylic acids is 1. The fraction of sp³-hybridized carbons (Fsp3) is 0.353. The Morgan fingerprint density at radius 1 is 1.38 bits per heavy atom. The summed E-state index contributed by atoms with van der Waals surface area (Å²) >= 11 is 0. The molecule has 1 aliphatic heterocycles. The molecule has 0 saturated carbocycles. The third-order valence-electron chi connectivity index (χ3n) is 4.02. The lowest BCUT2D eigenvalue weighted by Gasteiger charge is -2.31. The van der Waals surface area contributed by atoms with Crippen molar-refractivity contribution in [3.63, 3.8) is 0 Å². The second-order valence-corrected chi connectivity index (χ2v) is 5.92. The molecule has 1 saturated heterocycles. The van der Waals surface area contributed by atoms with E-state index in [1.54, 1.807) is 25.1 Å². The largest absolute Gasteiger partial charge is 0.481 e. The Bertz CT molecular complexity index is 753. The van der Waals surface area contributed by atoms with E-state index in [2.05, 4.69) is 15.3 Å². The van der Waals surface area contributed by atoms with E-state index >= 15 is 0 Å². The van der Waals surface area contributed by atoms with Gasteiger partial charge in [0.1, 0.15) is 23.3 Å². The predicted molar refractivity (Wildman–Crippen MR) is 89.0 cm³/mol. The number of piperidine rings is 1. The zero-order valence-electron chi connectivity index (χ0n) is 13.4. The van der Waals surface area contributed by atoms with E-state index in [9.17, 15) is 14.3 Å². The van der Waals surface area contributed by atoms with Gasteiger partial charge in [-0.25, -0.2) is 14.4 Å². The highest BCUT2D eigenvalue weighted by Gasteiger charge is 2.26. The van der Waals surface area contributed by atoms with Crippen LogP contribution in [0.5, 0.6) is 0 Å². The molecule has 0 bridgehead atoms. The number of benzene rings is 1. The molecule has 1 aliphatic rings. The van der Waals surface area contributed by atoms with Gasteiger partial charge in [-0.3, -0.25) is 4.79 Å². The average Bonchev–Trinajstić information content (AvgIpc) is 2.54. The number of aryl methyl sites for hydroxylation is 1. The molecule has 0 radical (unpaired) electrons. The molecule has 1 aromatic heterocycles. The van der Waals surface area contributed by atoms with Gasteiger partial charge in [-0.1, -0.05) is 6.07 Å². The van der Waals surface area contributed by atoms with Crippen LogP contribution in [0, 0.1) is 18.7 Å². The van der Waals surface area contributed by atoms with E-state index in [1.165, 1.54) is 12.1 Å². The van der Waals surface area contributed by atoms with Gasteiger partial charge >= 0.3 is 5.97 Å². The minimum atomic E-state index is -0.774. The van der Waals surface area contributed by atoms with E-state index < -0.39 is 5.97 Å². The highest BCUT2D eigenvalue weighted by atomic mass is 19.1. The number of nitrogens with one attached hydrogen (secondary N) is 1. The van der Waals surface area contributed by atoms with Crippen molar-refractivity contribution >= 4 is 23.3 Å². The number of hydrogen-bond donors (Lipinski definition) is 2. The summed E-state index contributed by atoms with van der Waals surface area (Å²) in [6.07, 6.45) is 1.50. The Morgan fingerprint density at radius 3 is 2.96 bits per heavy atom. The van der Waals surface area contributed by atoms with Crippen LogP contribution >= 0.6 is 0 Å². The molecule has 0 aliphatic carbocycles. The molecule has 1 aromatic carbocycles. The average molecular weight is 330 g/mol. The standard InChI is InChI=1S/C17H19FN4O2/c1-11-19-15(21-14-6-2-5-13(18)8-14)9-16(20-11)22-7-3-4-12(10-22)17(23)24/h2,5-6,8-9,12H,3-4,7,10H2,1H3,(H,23,24)(H,19,20,21)/t12-/m0/s1.